The van der Waals surface area contributed by atoms with E-state index in [-0.39, 0.29) is 6.03 Å². The van der Waals surface area contributed by atoms with Crippen molar-refractivity contribution in [2.24, 2.45) is 0 Å². The van der Waals surface area contributed by atoms with Crippen LogP contribution in [0, 0.1) is 0 Å². The van der Waals surface area contributed by atoms with Crippen LogP contribution in [0.2, 0.25) is 0 Å². The zero-order valence-electron chi connectivity index (χ0n) is 15.2. The van der Waals surface area contributed by atoms with Gasteiger partial charge in [-0.3, -0.25) is 0 Å². The number of benzene rings is 1. The molecule has 3 rings (SSSR count). The van der Waals surface area contributed by atoms with Crippen LogP contribution < -0.4 is 20.7 Å². The molecule has 2 heterocycles. The number of aryl methyl sites for hydroxylation is 1. The maximum atomic E-state index is 11.9. The summed E-state index contributed by atoms with van der Waals surface area (Å²) in [5.41, 5.74) is 3.44. The molecule has 1 aliphatic heterocycles. The highest BCUT2D eigenvalue weighted by Crippen LogP contribution is 2.19. The maximum Gasteiger partial charge on any atom is 0.314 e. The Morgan fingerprint density at radius 3 is 2.65 bits per heavy atom. The lowest BCUT2D eigenvalue weighted by Gasteiger charge is -2.17. The minimum absolute atomic E-state index is 0.144. The van der Waals surface area contributed by atoms with Gasteiger partial charge in [0.05, 0.1) is 7.11 Å². The lowest BCUT2D eigenvalue weighted by atomic mass is 10.1. The standard InChI is InChI=1S/C20H26N4O2/c1-26-18-8-4-15(5-9-18)10-13-22-20(25)23-14-11-17-7-6-16-3-2-12-21-19(16)24-17/h4-9H,2-3,10-14H2,1H3,(H,21,24)(H2,22,23,25). The van der Waals surface area contributed by atoms with E-state index in [1.807, 2.05) is 24.3 Å². The van der Waals surface area contributed by atoms with Gasteiger partial charge in [-0.25, -0.2) is 9.78 Å². The van der Waals surface area contributed by atoms with Crippen LogP contribution in [0.25, 0.3) is 0 Å². The number of hydrogen-bond donors (Lipinski definition) is 3. The summed E-state index contributed by atoms with van der Waals surface area (Å²) in [4.78, 5) is 16.5. The van der Waals surface area contributed by atoms with Crippen molar-refractivity contribution in [2.75, 3.05) is 32.1 Å². The minimum atomic E-state index is -0.144. The lowest BCUT2D eigenvalue weighted by molar-refractivity contribution is 0.241. The first-order chi connectivity index (χ1) is 12.7. The van der Waals surface area contributed by atoms with E-state index in [1.54, 1.807) is 7.11 Å². The van der Waals surface area contributed by atoms with E-state index in [1.165, 1.54) is 5.56 Å². The predicted molar refractivity (Wildman–Crippen MR) is 103 cm³/mol. The summed E-state index contributed by atoms with van der Waals surface area (Å²) in [5, 5.41) is 9.10. The number of urea groups is 1. The molecular formula is C20H26N4O2. The van der Waals surface area contributed by atoms with Gasteiger partial charge in [0.1, 0.15) is 11.6 Å². The van der Waals surface area contributed by atoms with Crippen molar-refractivity contribution >= 4 is 11.8 Å². The molecule has 0 atom stereocenters. The summed E-state index contributed by atoms with van der Waals surface area (Å²) in [6, 6.07) is 11.9. The first-order valence-corrected chi connectivity index (χ1v) is 9.12. The molecule has 0 unspecified atom stereocenters. The highest BCUT2D eigenvalue weighted by Gasteiger charge is 2.10. The number of ether oxygens (including phenoxy) is 1. The van der Waals surface area contributed by atoms with Crippen LogP contribution in [-0.2, 0) is 19.3 Å². The molecule has 0 aliphatic carbocycles. The fourth-order valence-corrected chi connectivity index (χ4v) is 2.99. The van der Waals surface area contributed by atoms with Gasteiger partial charge in [0, 0.05) is 31.7 Å². The molecule has 2 aromatic rings. The van der Waals surface area contributed by atoms with Crippen molar-refractivity contribution in [2.45, 2.75) is 25.7 Å². The normalized spacial score (nSPS) is 12.7. The van der Waals surface area contributed by atoms with Gasteiger partial charge >= 0.3 is 6.03 Å². The van der Waals surface area contributed by atoms with Crippen LogP contribution in [0.3, 0.4) is 0 Å². The molecule has 1 aliphatic rings. The Morgan fingerprint density at radius 2 is 1.88 bits per heavy atom. The second-order valence-corrected chi connectivity index (χ2v) is 6.37. The average Bonchev–Trinajstić information content (AvgIpc) is 2.68. The van der Waals surface area contributed by atoms with Gasteiger partial charge in [0.15, 0.2) is 0 Å². The first-order valence-electron chi connectivity index (χ1n) is 9.12. The molecule has 0 radical (unpaired) electrons. The van der Waals surface area contributed by atoms with E-state index in [0.717, 1.165) is 55.1 Å². The predicted octanol–water partition coefficient (Wildman–Crippen LogP) is 2.53. The topological polar surface area (TPSA) is 75.3 Å². The van der Waals surface area contributed by atoms with Gasteiger partial charge in [-0.2, -0.15) is 0 Å². The Bertz CT molecular complexity index is 731. The number of carbonyl (C=O) groups is 1. The molecule has 0 bridgehead atoms. The summed E-state index contributed by atoms with van der Waals surface area (Å²) >= 11 is 0. The van der Waals surface area contributed by atoms with Crippen LogP contribution >= 0.6 is 0 Å². The summed E-state index contributed by atoms with van der Waals surface area (Å²) in [6.07, 6.45) is 3.76. The largest absolute Gasteiger partial charge is 0.497 e. The number of hydrogen-bond acceptors (Lipinski definition) is 4. The van der Waals surface area contributed by atoms with Gasteiger partial charge in [0.25, 0.3) is 0 Å². The second kappa shape index (κ2) is 9.08. The fraction of sp³-hybridized carbons (Fsp3) is 0.400. The zero-order valence-corrected chi connectivity index (χ0v) is 15.2. The van der Waals surface area contributed by atoms with Gasteiger partial charge < -0.3 is 20.7 Å². The Labute approximate surface area is 154 Å². The van der Waals surface area contributed by atoms with Crippen LogP contribution in [0.5, 0.6) is 5.75 Å². The lowest BCUT2D eigenvalue weighted by Crippen LogP contribution is -2.37. The number of pyridine rings is 1. The van der Waals surface area contributed by atoms with Crippen molar-refractivity contribution in [3.8, 4) is 5.75 Å². The molecule has 0 saturated carbocycles. The number of fused-ring (bicyclic) bond motifs is 1. The highest BCUT2D eigenvalue weighted by atomic mass is 16.5. The van der Waals surface area contributed by atoms with Crippen molar-refractivity contribution in [1.82, 2.24) is 15.6 Å². The van der Waals surface area contributed by atoms with Crippen molar-refractivity contribution < 1.29 is 9.53 Å². The molecule has 0 fully saturated rings. The Balaban J connectivity index is 1.35. The number of nitrogens with zero attached hydrogens (tertiary/aromatic N) is 1. The maximum absolute atomic E-state index is 11.9. The van der Waals surface area contributed by atoms with Gasteiger partial charge in [-0.15, -0.1) is 0 Å². The quantitative estimate of drug-likeness (QED) is 0.714. The van der Waals surface area contributed by atoms with Crippen LogP contribution in [0.1, 0.15) is 23.2 Å². The molecule has 0 saturated heterocycles. The number of aromatic nitrogens is 1. The number of carbonyl (C=O) groups excluding carboxylic acids is 1. The Morgan fingerprint density at radius 1 is 1.12 bits per heavy atom. The summed E-state index contributed by atoms with van der Waals surface area (Å²) in [6.45, 7) is 2.15. The molecule has 6 heteroatoms. The summed E-state index contributed by atoms with van der Waals surface area (Å²) in [7, 11) is 1.65. The summed E-state index contributed by atoms with van der Waals surface area (Å²) < 4.78 is 5.13. The molecule has 0 spiro atoms. The van der Waals surface area contributed by atoms with E-state index in [9.17, 15) is 4.79 Å². The zero-order chi connectivity index (χ0) is 18.2. The number of methoxy groups -OCH3 is 1. The monoisotopic (exact) mass is 354 g/mol. The smallest absolute Gasteiger partial charge is 0.314 e. The van der Waals surface area contributed by atoms with Gasteiger partial charge in [0.2, 0.25) is 0 Å². The Hall–Kier alpha value is -2.76. The Kier molecular flexibility index (Phi) is 6.30. The first kappa shape index (κ1) is 18.0. The van der Waals surface area contributed by atoms with Crippen molar-refractivity contribution in [1.29, 1.82) is 0 Å². The third kappa shape index (κ3) is 5.12. The van der Waals surface area contributed by atoms with Crippen LogP contribution in [0.15, 0.2) is 36.4 Å². The number of amides is 2. The average molecular weight is 354 g/mol. The van der Waals surface area contributed by atoms with Crippen molar-refractivity contribution in [3.05, 3.63) is 53.2 Å². The molecule has 6 nitrogen and oxygen atoms in total. The molecule has 1 aromatic carbocycles. The van der Waals surface area contributed by atoms with E-state index in [4.69, 9.17) is 4.74 Å². The van der Waals surface area contributed by atoms with E-state index in [2.05, 4.69) is 33.1 Å². The SMILES string of the molecule is COc1ccc(CCNC(=O)NCCc2ccc3c(n2)NCCC3)cc1. The molecule has 3 N–H and O–H groups in total. The van der Waals surface area contributed by atoms with E-state index < -0.39 is 0 Å². The van der Waals surface area contributed by atoms with Gasteiger partial charge in [-0.05, 0) is 48.6 Å². The molecule has 1 aromatic heterocycles. The van der Waals surface area contributed by atoms with Crippen molar-refractivity contribution in [3.63, 3.8) is 0 Å². The molecular weight excluding hydrogens is 328 g/mol. The number of rotatable bonds is 7. The second-order valence-electron chi connectivity index (χ2n) is 6.37. The van der Waals surface area contributed by atoms with Crippen LogP contribution in [-0.4, -0.2) is 37.8 Å². The van der Waals surface area contributed by atoms with E-state index in [0.29, 0.717) is 13.1 Å². The molecule has 26 heavy (non-hydrogen) atoms. The number of nitrogens with one attached hydrogen (secondary N) is 3. The third-order valence-electron chi connectivity index (χ3n) is 4.48. The molecule has 138 valence electrons. The number of anilines is 1. The van der Waals surface area contributed by atoms with Crippen LogP contribution in [0.4, 0.5) is 10.6 Å². The fourth-order valence-electron chi connectivity index (χ4n) is 2.99. The summed E-state index contributed by atoms with van der Waals surface area (Å²) in [5.74, 6) is 1.84. The minimum Gasteiger partial charge on any atom is -0.497 e. The third-order valence-corrected chi connectivity index (χ3v) is 4.48. The van der Waals surface area contributed by atoms with Gasteiger partial charge in [-0.1, -0.05) is 18.2 Å². The van der Waals surface area contributed by atoms with E-state index >= 15 is 0 Å². The molecule has 2 amide bonds. The highest BCUT2D eigenvalue weighted by molar-refractivity contribution is 5.73.